The van der Waals surface area contributed by atoms with E-state index in [1.54, 1.807) is 0 Å². The molecule has 2 unspecified atom stereocenters. The van der Waals surface area contributed by atoms with Gasteiger partial charge in [-0.05, 0) is 37.5 Å². The summed E-state index contributed by atoms with van der Waals surface area (Å²) in [6, 6.07) is 7.35. The summed E-state index contributed by atoms with van der Waals surface area (Å²) in [7, 11) is 0. The topological polar surface area (TPSA) is 82.7 Å². The average Bonchev–Trinajstić information content (AvgIpc) is 3.23. The molecular formula is C20H30N4O3. The SMILES string of the molecule is CCCC(NC(=O)C1CNCCO1)C(=O)Nc1cccc(N2CCCC2)c1. The Kier molecular flexibility index (Phi) is 7.06. The fraction of sp³-hybridized carbons (Fsp3) is 0.600. The van der Waals surface area contributed by atoms with Crippen molar-refractivity contribution in [2.45, 2.75) is 44.8 Å². The predicted molar refractivity (Wildman–Crippen MR) is 106 cm³/mol. The maximum atomic E-state index is 12.8. The van der Waals surface area contributed by atoms with Crippen LogP contribution in [0.15, 0.2) is 24.3 Å². The van der Waals surface area contributed by atoms with Crippen LogP contribution in [0.2, 0.25) is 0 Å². The van der Waals surface area contributed by atoms with E-state index in [4.69, 9.17) is 4.74 Å². The summed E-state index contributed by atoms with van der Waals surface area (Å²) in [6.45, 7) is 5.84. The van der Waals surface area contributed by atoms with E-state index in [0.29, 0.717) is 19.6 Å². The van der Waals surface area contributed by atoms with E-state index >= 15 is 0 Å². The fourth-order valence-corrected chi connectivity index (χ4v) is 3.54. The molecule has 1 aromatic carbocycles. The number of carbonyl (C=O) groups excluding carboxylic acids is 2. The Labute approximate surface area is 160 Å². The molecule has 7 heteroatoms. The van der Waals surface area contributed by atoms with Gasteiger partial charge in [-0.15, -0.1) is 0 Å². The Morgan fingerprint density at radius 1 is 1.33 bits per heavy atom. The first-order chi connectivity index (χ1) is 13.2. The molecule has 7 nitrogen and oxygen atoms in total. The first kappa shape index (κ1) is 19.6. The molecule has 0 aliphatic carbocycles. The molecule has 27 heavy (non-hydrogen) atoms. The van der Waals surface area contributed by atoms with E-state index < -0.39 is 12.1 Å². The number of hydrogen-bond acceptors (Lipinski definition) is 5. The molecule has 3 N–H and O–H groups in total. The van der Waals surface area contributed by atoms with E-state index in [1.807, 2.05) is 25.1 Å². The Hall–Kier alpha value is -2.12. The van der Waals surface area contributed by atoms with Crippen molar-refractivity contribution in [3.63, 3.8) is 0 Å². The molecule has 0 radical (unpaired) electrons. The molecule has 2 heterocycles. The monoisotopic (exact) mass is 374 g/mol. The lowest BCUT2D eigenvalue weighted by molar-refractivity contribution is -0.137. The molecular weight excluding hydrogens is 344 g/mol. The van der Waals surface area contributed by atoms with Gasteiger partial charge in [0.05, 0.1) is 6.61 Å². The number of hydrogen-bond donors (Lipinski definition) is 3. The van der Waals surface area contributed by atoms with E-state index in [1.165, 1.54) is 12.8 Å². The lowest BCUT2D eigenvalue weighted by atomic mass is 10.1. The summed E-state index contributed by atoms with van der Waals surface area (Å²) in [4.78, 5) is 27.5. The van der Waals surface area contributed by atoms with Crippen molar-refractivity contribution in [2.24, 2.45) is 0 Å². The zero-order valence-corrected chi connectivity index (χ0v) is 16.0. The number of amides is 2. The van der Waals surface area contributed by atoms with Gasteiger partial charge in [-0.1, -0.05) is 19.4 Å². The predicted octanol–water partition coefficient (Wildman–Crippen LogP) is 1.50. The van der Waals surface area contributed by atoms with E-state index in [0.717, 1.165) is 37.4 Å². The van der Waals surface area contributed by atoms with E-state index in [9.17, 15) is 9.59 Å². The third kappa shape index (κ3) is 5.43. The van der Waals surface area contributed by atoms with Crippen molar-refractivity contribution in [1.29, 1.82) is 0 Å². The summed E-state index contributed by atoms with van der Waals surface area (Å²) in [6.07, 6.45) is 3.27. The molecule has 0 spiro atoms. The third-order valence-corrected chi connectivity index (χ3v) is 5.02. The van der Waals surface area contributed by atoms with Crippen molar-refractivity contribution in [3.8, 4) is 0 Å². The minimum Gasteiger partial charge on any atom is -0.371 e. The second-order valence-electron chi connectivity index (χ2n) is 7.15. The smallest absolute Gasteiger partial charge is 0.251 e. The lowest BCUT2D eigenvalue weighted by Gasteiger charge is -2.25. The number of nitrogens with zero attached hydrogens (tertiary/aromatic N) is 1. The molecule has 0 aromatic heterocycles. The van der Waals surface area contributed by atoms with Gasteiger partial charge in [0.25, 0.3) is 5.91 Å². The van der Waals surface area contributed by atoms with Crippen LogP contribution in [0.5, 0.6) is 0 Å². The molecule has 2 aliphatic heterocycles. The van der Waals surface area contributed by atoms with E-state index in [-0.39, 0.29) is 11.8 Å². The van der Waals surface area contributed by atoms with Crippen LogP contribution in [0.4, 0.5) is 11.4 Å². The summed E-state index contributed by atoms with van der Waals surface area (Å²) in [5.41, 5.74) is 1.89. The fourth-order valence-electron chi connectivity index (χ4n) is 3.54. The summed E-state index contributed by atoms with van der Waals surface area (Å²) in [5, 5.41) is 8.95. The number of rotatable bonds is 7. The Balaban J connectivity index is 1.60. The maximum absolute atomic E-state index is 12.8. The number of ether oxygens (including phenoxy) is 1. The third-order valence-electron chi connectivity index (χ3n) is 5.02. The lowest BCUT2D eigenvalue weighted by Crippen LogP contribution is -2.52. The summed E-state index contributed by atoms with van der Waals surface area (Å²) in [5.74, 6) is -0.422. The second-order valence-corrected chi connectivity index (χ2v) is 7.15. The van der Waals surface area contributed by atoms with Crippen LogP contribution in [0.25, 0.3) is 0 Å². The highest BCUT2D eigenvalue weighted by atomic mass is 16.5. The molecule has 2 aliphatic rings. The van der Waals surface area contributed by atoms with Gasteiger partial charge in [-0.3, -0.25) is 9.59 Å². The molecule has 0 saturated carbocycles. The second kappa shape index (κ2) is 9.71. The normalized spacial score (nSPS) is 20.9. The minimum absolute atomic E-state index is 0.187. The molecule has 3 rings (SSSR count). The highest BCUT2D eigenvalue weighted by molar-refractivity contribution is 5.98. The van der Waals surface area contributed by atoms with Gasteiger partial charge in [-0.2, -0.15) is 0 Å². The van der Waals surface area contributed by atoms with Crippen molar-refractivity contribution < 1.29 is 14.3 Å². The first-order valence-electron chi connectivity index (χ1n) is 9.96. The largest absolute Gasteiger partial charge is 0.371 e. The van der Waals surface area contributed by atoms with Crippen molar-refractivity contribution >= 4 is 23.2 Å². The minimum atomic E-state index is -0.566. The molecule has 0 bridgehead atoms. The molecule has 1 aromatic rings. The van der Waals surface area contributed by atoms with Crippen molar-refractivity contribution in [2.75, 3.05) is 43.0 Å². The van der Waals surface area contributed by atoms with Gasteiger partial charge in [0.15, 0.2) is 0 Å². The Bertz CT molecular complexity index is 640. The summed E-state index contributed by atoms with van der Waals surface area (Å²) >= 11 is 0. The van der Waals surface area contributed by atoms with Crippen LogP contribution in [0, 0.1) is 0 Å². The van der Waals surface area contributed by atoms with Crippen molar-refractivity contribution in [3.05, 3.63) is 24.3 Å². The van der Waals surface area contributed by atoms with Gasteiger partial charge >= 0.3 is 0 Å². The molecule has 148 valence electrons. The average molecular weight is 374 g/mol. The van der Waals surface area contributed by atoms with Gasteiger partial charge in [0.1, 0.15) is 12.1 Å². The molecule has 2 atom stereocenters. The van der Waals surface area contributed by atoms with Crippen LogP contribution < -0.4 is 20.9 Å². The van der Waals surface area contributed by atoms with Crippen molar-refractivity contribution in [1.82, 2.24) is 10.6 Å². The number of anilines is 2. The van der Waals surface area contributed by atoms with Crippen LogP contribution >= 0.6 is 0 Å². The number of morpholine rings is 1. The van der Waals surface area contributed by atoms with Crippen LogP contribution in [0.1, 0.15) is 32.6 Å². The van der Waals surface area contributed by atoms with Crippen LogP contribution in [-0.4, -0.2) is 56.7 Å². The van der Waals surface area contributed by atoms with E-state index in [2.05, 4.69) is 26.9 Å². The number of nitrogens with one attached hydrogen (secondary N) is 3. The highest BCUT2D eigenvalue weighted by Crippen LogP contribution is 2.23. The van der Waals surface area contributed by atoms with Gasteiger partial charge < -0.3 is 25.6 Å². The standard InChI is InChI=1S/C20H30N4O3/c1-2-6-17(23-20(26)18-14-21-9-12-27-18)19(25)22-15-7-5-8-16(13-15)24-10-3-4-11-24/h5,7-8,13,17-18,21H,2-4,6,9-12,14H2,1H3,(H,22,25)(H,23,26). The van der Waals surface area contributed by atoms with Crippen LogP contribution in [0.3, 0.4) is 0 Å². The van der Waals surface area contributed by atoms with Gasteiger partial charge in [0.2, 0.25) is 5.91 Å². The molecule has 2 saturated heterocycles. The zero-order valence-electron chi connectivity index (χ0n) is 16.0. The highest BCUT2D eigenvalue weighted by Gasteiger charge is 2.27. The number of carbonyl (C=O) groups is 2. The maximum Gasteiger partial charge on any atom is 0.251 e. The van der Waals surface area contributed by atoms with Gasteiger partial charge in [0, 0.05) is 37.6 Å². The molecule has 2 amide bonds. The number of benzene rings is 1. The van der Waals surface area contributed by atoms with Crippen LogP contribution in [-0.2, 0) is 14.3 Å². The van der Waals surface area contributed by atoms with Gasteiger partial charge in [-0.25, -0.2) is 0 Å². The summed E-state index contributed by atoms with van der Waals surface area (Å²) < 4.78 is 5.48. The Morgan fingerprint density at radius 3 is 2.85 bits per heavy atom. The quantitative estimate of drug-likeness (QED) is 0.674. The zero-order chi connectivity index (χ0) is 19.1. The molecule has 2 fully saturated rings. The Morgan fingerprint density at radius 2 is 2.15 bits per heavy atom. The first-order valence-corrected chi connectivity index (χ1v) is 9.96.